The van der Waals surface area contributed by atoms with Crippen LogP contribution in [0.2, 0.25) is 0 Å². The van der Waals surface area contributed by atoms with Crippen molar-refractivity contribution in [1.82, 2.24) is 9.88 Å². The van der Waals surface area contributed by atoms with Gasteiger partial charge in [0, 0.05) is 29.6 Å². The van der Waals surface area contributed by atoms with E-state index in [0.29, 0.717) is 5.92 Å². The molecule has 0 spiro atoms. The Morgan fingerprint density at radius 1 is 1.19 bits per heavy atom. The lowest BCUT2D eigenvalue weighted by Gasteiger charge is -2.18. The highest BCUT2D eigenvalue weighted by atomic mass is 16.5. The summed E-state index contributed by atoms with van der Waals surface area (Å²) in [6.07, 6.45) is 4.42. The Hall–Kier alpha value is -1.81. The molecule has 0 amide bonds. The van der Waals surface area contributed by atoms with Crippen molar-refractivity contribution in [2.45, 2.75) is 46.5 Å². The number of aromatic nitrogens is 1. The van der Waals surface area contributed by atoms with Crippen LogP contribution < -0.4 is 9.47 Å². The van der Waals surface area contributed by atoms with Gasteiger partial charge in [-0.05, 0) is 57.0 Å². The van der Waals surface area contributed by atoms with Crippen molar-refractivity contribution in [2.75, 3.05) is 33.9 Å². The number of likely N-dealkylation sites (tertiary alicyclic amines) is 1. The van der Waals surface area contributed by atoms with E-state index in [1.54, 1.807) is 7.11 Å². The summed E-state index contributed by atoms with van der Waals surface area (Å²) >= 11 is 0. The SMILES string of the molecule is CCCc1c(C)nc2cc(OCC3CCN(C)C3)c(OC)cc2c1CC. The molecule has 0 bridgehead atoms. The third kappa shape index (κ3) is 3.80. The Labute approximate surface area is 157 Å². The van der Waals surface area contributed by atoms with Crippen LogP contribution in [-0.4, -0.2) is 43.7 Å². The standard InChI is InChI=1S/C22H32N2O2/c1-6-8-18-15(3)23-20-12-22(26-14-16-9-10-24(4)13-16)21(25-5)11-19(20)17(18)7-2/h11-12,16H,6-10,13-14H2,1-5H3. The summed E-state index contributed by atoms with van der Waals surface area (Å²) in [5, 5.41) is 1.20. The van der Waals surface area contributed by atoms with Crippen LogP contribution in [0, 0.1) is 12.8 Å². The summed E-state index contributed by atoms with van der Waals surface area (Å²) in [7, 11) is 3.89. The molecule has 1 aromatic heterocycles. The van der Waals surface area contributed by atoms with E-state index in [4.69, 9.17) is 14.5 Å². The monoisotopic (exact) mass is 356 g/mol. The van der Waals surface area contributed by atoms with Crippen molar-refractivity contribution in [1.29, 1.82) is 0 Å². The van der Waals surface area contributed by atoms with Crippen molar-refractivity contribution >= 4 is 10.9 Å². The van der Waals surface area contributed by atoms with E-state index in [2.05, 4.69) is 44.9 Å². The van der Waals surface area contributed by atoms with Crippen LogP contribution in [0.4, 0.5) is 0 Å². The average Bonchev–Trinajstić information content (AvgIpc) is 3.05. The molecule has 1 aliphatic heterocycles. The fourth-order valence-electron chi connectivity index (χ4n) is 4.14. The van der Waals surface area contributed by atoms with E-state index in [9.17, 15) is 0 Å². The van der Waals surface area contributed by atoms with Gasteiger partial charge in [-0.1, -0.05) is 20.3 Å². The van der Waals surface area contributed by atoms with E-state index in [1.165, 1.54) is 22.9 Å². The van der Waals surface area contributed by atoms with Gasteiger partial charge in [-0.3, -0.25) is 4.98 Å². The van der Waals surface area contributed by atoms with Crippen molar-refractivity contribution in [3.63, 3.8) is 0 Å². The molecule has 26 heavy (non-hydrogen) atoms. The Kier molecular flexibility index (Phi) is 6.02. The molecule has 1 aromatic carbocycles. The number of rotatable bonds is 7. The van der Waals surface area contributed by atoms with Gasteiger partial charge in [0.05, 0.1) is 19.2 Å². The van der Waals surface area contributed by atoms with Crippen LogP contribution in [-0.2, 0) is 12.8 Å². The zero-order valence-corrected chi connectivity index (χ0v) is 16.9. The van der Waals surface area contributed by atoms with Crippen LogP contribution in [0.5, 0.6) is 11.5 Å². The minimum absolute atomic E-state index is 0.591. The largest absolute Gasteiger partial charge is 0.493 e. The second-order valence-corrected chi connectivity index (χ2v) is 7.51. The van der Waals surface area contributed by atoms with Gasteiger partial charge in [-0.2, -0.15) is 0 Å². The first-order chi connectivity index (χ1) is 12.6. The predicted molar refractivity (Wildman–Crippen MR) is 108 cm³/mol. The Morgan fingerprint density at radius 2 is 2.00 bits per heavy atom. The van der Waals surface area contributed by atoms with Gasteiger partial charge in [0.2, 0.25) is 0 Å². The molecule has 3 rings (SSSR count). The number of fused-ring (bicyclic) bond motifs is 1. The molecule has 1 saturated heterocycles. The Bertz CT molecular complexity index is 773. The maximum atomic E-state index is 6.17. The zero-order chi connectivity index (χ0) is 18.7. The van der Waals surface area contributed by atoms with E-state index in [0.717, 1.165) is 61.7 Å². The highest BCUT2D eigenvalue weighted by molar-refractivity contribution is 5.87. The molecule has 4 heteroatoms. The fourth-order valence-corrected chi connectivity index (χ4v) is 4.14. The smallest absolute Gasteiger partial charge is 0.163 e. The summed E-state index contributed by atoms with van der Waals surface area (Å²) < 4.78 is 11.8. The number of nitrogens with zero attached hydrogens (tertiary/aromatic N) is 2. The normalized spacial score (nSPS) is 17.8. The molecule has 4 nitrogen and oxygen atoms in total. The first kappa shape index (κ1) is 19.0. The number of benzene rings is 1. The third-order valence-corrected chi connectivity index (χ3v) is 5.51. The van der Waals surface area contributed by atoms with Crippen LogP contribution >= 0.6 is 0 Å². The molecular weight excluding hydrogens is 324 g/mol. The van der Waals surface area contributed by atoms with Gasteiger partial charge in [-0.25, -0.2) is 0 Å². The average molecular weight is 357 g/mol. The lowest BCUT2D eigenvalue weighted by atomic mass is 9.95. The molecule has 1 unspecified atom stereocenters. The zero-order valence-electron chi connectivity index (χ0n) is 16.9. The first-order valence-corrected chi connectivity index (χ1v) is 9.88. The number of ether oxygens (including phenoxy) is 2. The molecule has 2 aromatic rings. The van der Waals surface area contributed by atoms with Crippen molar-refractivity contribution in [2.24, 2.45) is 5.92 Å². The van der Waals surface area contributed by atoms with E-state index >= 15 is 0 Å². The molecule has 0 N–H and O–H groups in total. The van der Waals surface area contributed by atoms with Crippen LogP contribution in [0.1, 0.15) is 43.5 Å². The number of hydrogen-bond donors (Lipinski definition) is 0. The predicted octanol–water partition coefficient (Wildman–Crippen LogP) is 4.40. The molecule has 142 valence electrons. The molecule has 0 saturated carbocycles. The molecular formula is C22H32N2O2. The van der Waals surface area contributed by atoms with E-state index < -0.39 is 0 Å². The molecule has 2 heterocycles. The second-order valence-electron chi connectivity index (χ2n) is 7.51. The van der Waals surface area contributed by atoms with Crippen molar-refractivity contribution < 1.29 is 9.47 Å². The maximum absolute atomic E-state index is 6.17. The van der Waals surface area contributed by atoms with Gasteiger partial charge in [0.25, 0.3) is 0 Å². The second kappa shape index (κ2) is 8.26. The van der Waals surface area contributed by atoms with Gasteiger partial charge in [0.1, 0.15) is 0 Å². The van der Waals surface area contributed by atoms with Gasteiger partial charge in [0.15, 0.2) is 11.5 Å². The van der Waals surface area contributed by atoms with Gasteiger partial charge < -0.3 is 14.4 Å². The highest BCUT2D eigenvalue weighted by Crippen LogP contribution is 2.36. The lowest BCUT2D eigenvalue weighted by Crippen LogP contribution is -2.18. The van der Waals surface area contributed by atoms with Crippen LogP contribution in [0.15, 0.2) is 12.1 Å². The molecule has 1 atom stereocenters. The summed E-state index contributed by atoms with van der Waals surface area (Å²) in [5.74, 6) is 2.21. The van der Waals surface area contributed by atoms with Gasteiger partial charge >= 0.3 is 0 Å². The summed E-state index contributed by atoms with van der Waals surface area (Å²) in [6.45, 7) is 9.57. The Morgan fingerprint density at radius 3 is 2.62 bits per heavy atom. The molecule has 1 fully saturated rings. The molecule has 1 aliphatic rings. The topological polar surface area (TPSA) is 34.6 Å². The van der Waals surface area contributed by atoms with Gasteiger partial charge in [-0.15, -0.1) is 0 Å². The number of hydrogen-bond acceptors (Lipinski definition) is 4. The lowest BCUT2D eigenvalue weighted by molar-refractivity contribution is 0.239. The molecule has 0 aliphatic carbocycles. The fraction of sp³-hybridized carbons (Fsp3) is 0.591. The first-order valence-electron chi connectivity index (χ1n) is 9.88. The highest BCUT2D eigenvalue weighted by Gasteiger charge is 2.21. The van der Waals surface area contributed by atoms with E-state index in [1.807, 2.05) is 0 Å². The minimum Gasteiger partial charge on any atom is -0.493 e. The van der Waals surface area contributed by atoms with Crippen LogP contribution in [0.3, 0.4) is 0 Å². The quantitative estimate of drug-likeness (QED) is 0.736. The van der Waals surface area contributed by atoms with Crippen molar-refractivity contribution in [3.05, 3.63) is 29.0 Å². The van der Waals surface area contributed by atoms with Crippen molar-refractivity contribution in [3.8, 4) is 11.5 Å². The molecule has 0 radical (unpaired) electrons. The summed E-state index contributed by atoms with van der Waals surface area (Å²) in [5.41, 5.74) is 4.95. The number of methoxy groups -OCH3 is 1. The summed E-state index contributed by atoms with van der Waals surface area (Å²) in [6, 6.07) is 4.19. The minimum atomic E-state index is 0.591. The number of pyridine rings is 1. The number of aryl methyl sites for hydroxylation is 2. The Balaban J connectivity index is 1.96. The third-order valence-electron chi connectivity index (χ3n) is 5.51. The van der Waals surface area contributed by atoms with Crippen LogP contribution in [0.25, 0.3) is 10.9 Å². The summed E-state index contributed by atoms with van der Waals surface area (Å²) in [4.78, 5) is 7.25. The van der Waals surface area contributed by atoms with E-state index in [-0.39, 0.29) is 0 Å². The maximum Gasteiger partial charge on any atom is 0.163 e.